The quantitative estimate of drug-likeness (QED) is 0.809. The van der Waals surface area contributed by atoms with Crippen molar-refractivity contribution in [2.45, 2.75) is 39.2 Å². The molecule has 0 bridgehead atoms. The average molecular weight is 295 g/mol. The number of hydrogen-bond acceptors (Lipinski definition) is 4. The number of benzene rings is 1. The maximum atomic E-state index is 13.1. The van der Waals surface area contributed by atoms with E-state index in [-0.39, 0.29) is 5.82 Å². The van der Waals surface area contributed by atoms with Crippen LogP contribution in [0.2, 0.25) is 0 Å². The highest BCUT2D eigenvalue weighted by Crippen LogP contribution is 2.28. The van der Waals surface area contributed by atoms with E-state index in [4.69, 9.17) is 9.57 Å². The Balaban J connectivity index is 1.85. The van der Waals surface area contributed by atoms with Crippen LogP contribution in [0.15, 0.2) is 18.2 Å². The first-order valence-corrected chi connectivity index (χ1v) is 6.71. The summed E-state index contributed by atoms with van der Waals surface area (Å²) in [5, 5.41) is 0. The Bertz CT molecular complexity index is 565. The van der Waals surface area contributed by atoms with E-state index in [0.717, 1.165) is 11.1 Å². The van der Waals surface area contributed by atoms with Crippen molar-refractivity contribution < 1.29 is 23.6 Å². The Hall–Kier alpha value is -2.11. The summed E-state index contributed by atoms with van der Waals surface area (Å²) >= 11 is 0. The van der Waals surface area contributed by atoms with E-state index in [1.165, 1.54) is 12.1 Å². The van der Waals surface area contributed by atoms with Crippen molar-refractivity contribution in [3.05, 3.63) is 35.1 Å². The fourth-order valence-corrected chi connectivity index (χ4v) is 2.23. The third-order valence-corrected chi connectivity index (χ3v) is 3.07. The molecule has 21 heavy (non-hydrogen) atoms. The second kappa shape index (κ2) is 5.71. The fourth-order valence-electron chi connectivity index (χ4n) is 2.23. The highest BCUT2D eigenvalue weighted by Gasteiger charge is 2.30. The van der Waals surface area contributed by atoms with Gasteiger partial charge in [-0.2, -0.15) is 0 Å². The molecule has 1 amide bonds. The van der Waals surface area contributed by atoms with Crippen LogP contribution in [0.25, 0.3) is 0 Å². The number of ether oxygens (including phenoxy) is 1. The summed E-state index contributed by atoms with van der Waals surface area (Å²) in [6, 6.07) is 4.45. The lowest BCUT2D eigenvalue weighted by Crippen LogP contribution is -2.35. The van der Waals surface area contributed by atoms with Crippen LogP contribution in [-0.2, 0) is 27.2 Å². The van der Waals surface area contributed by atoms with Crippen molar-refractivity contribution >= 4 is 12.1 Å². The molecular formula is C15H18FNO4. The third-order valence-electron chi connectivity index (χ3n) is 3.07. The van der Waals surface area contributed by atoms with Gasteiger partial charge in [0.15, 0.2) is 0 Å². The van der Waals surface area contributed by atoms with Gasteiger partial charge in [0.25, 0.3) is 0 Å². The number of amides is 1. The standard InChI is InChI=1S/C15H18FNO4/c1-15(2,3)20-14(19)17-21-13(18)11-6-9-4-5-12(16)8-10(9)7-11/h4-5,8,11H,6-7H2,1-3H3,(H,17,19). The molecule has 1 aromatic carbocycles. The minimum atomic E-state index is -0.822. The second-order valence-electron chi connectivity index (χ2n) is 6.04. The number of nitrogens with one attached hydrogen (secondary N) is 1. The summed E-state index contributed by atoms with van der Waals surface area (Å²) in [7, 11) is 0. The Labute approximate surface area is 122 Å². The molecule has 0 aromatic heterocycles. The summed E-state index contributed by atoms with van der Waals surface area (Å²) < 4.78 is 18.1. The number of hydrogen-bond donors (Lipinski definition) is 1. The lowest BCUT2D eigenvalue weighted by molar-refractivity contribution is -0.155. The monoisotopic (exact) mass is 295 g/mol. The van der Waals surface area contributed by atoms with Crippen LogP contribution in [0.1, 0.15) is 31.9 Å². The predicted molar refractivity (Wildman–Crippen MR) is 72.8 cm³/mol. The van der Waals surface area contributed by atoms with Crippen LogP contribution in [0.3, 0.4) is 0 Å². The van der Waals surface area contributed by atoms with Crippen molar-refractivity contribution in [3.8, 4) is 0 Å². The molecule has 1 N–H and O–H groups in total. The Morgan fingerprint density at radius 2 is 1.90 bits per heavy atom. The molecule has 0 radical (unpaired) electrons. The molecule has 1 aliphatic carbocycles. The van der Waals surface area contributed by atoms with Gasteiger partial charge in [0, 0.05) is 0 Å². The van der Waals surface area contributed by atoms with Crippen LogP contribution in [-0.4, -0.2) is 17.7 Å². The summed E-state index contributed by atoms with van der Waals surface area (Å²) in [6.45, 7) is 5.11. The van der Waals surface area contributed by atoms with E-state index in [1.54, 1.807) is 26.8 Å². The molecule has 5 nitrogen and oxygen atoms in total. The fraction of sp³-hybridized carbons (Fsp3) is 0.467. The lowest BCUT2D eigenvalue weighted by Gasteiger charge is -2.19. The van der Waals surface area contributed by atoms with E-state index < -0.39 is 23.6 Å². The van der Waals surface area contributed by atoms with Gasteiger partial charge < -0.3 is 9.57 Å². The summed E-state index contributed by atoms with van der Waals surface area (Å²) in [5.41, 5.74) is 3.03. The Morgan fingerprint density at radius 1 is 1.24 bits per heavy atom. The molecule has 0 saturated heterocycles. The van der Waals surface area contributed by atoms with E-state index in [2.05, 4.69) is 0 Å². The highest BCUT2D eigenvalue weighted by molar-refractivity contribution is 5.76. The molecular weight excluding hydrogens is 277 g/mol. The van der Waals surface area contributed by atoms with Crippen molar-refractivity contribution in [2.24, 2.45) is 5.92 Å². The van der Waals surface area contributed by atoms with Gasteiger partial charge in [0.1, 0.15) is 11.4 Å². The maximum Gasteiger partial charge on any atom is 0.441 e. The predicted octanol–water partition coefficient (Wildman–Crippen LogP) is 2.52. The largest absolute Gasteiger partial charge is 0.442 e. The van der Waals surface area contributed by atoms with E-state index in [1.807, 2.05) is 5.48 Å². The number of carbonyl (C=O) groups excluding carboxylic acids is 2. The van der Waals surface area contributed by atoms with Crippen LogP contribution < -0.4 is 5.48 Å². The first-order valence-electron chi connectivity index (χ1n) is 6.71. The van der Waals surface area contributed by atoms with Gasteiger partial charge >= 0.3 is 12.1 Å². The number of fused-ring (bicyclic) bond motifs is 1. The molecule has 1 atom stereocenters. The maximum absolute atomic E-state index is 13.1. The highest BCUT2D eigenvalue weighted by atomic mass is 19.1. The molecule has 1 unspecified atom stereocenters. The van der Waals surface area contributed by atoms with Gasteiger partial charge in [-0.15, -0.1) is 5.48 Å². The van der Waals surface area contributed by atoms with Gasteiger partial charge in [0.2, 0.25) is 0 Å². The van der Waals surface area contributed by atoms with Gasteiger partial charge in [0.05, 0.1) is 5.92 Å². The normalized spacial score (nSPS) is 17.0. The average Bonchev–Trinajstić information content (AvgIpc) is 2.76. The summed E-state index contributed by atoms with van der Waals surface area (Å²) in [6.07, 6.45) is 0.0595. The second-order valence-corrected chi connectivity index (χ2v) is 6.04. The minimum Gasteiger partial charge on any atom is -0.442 e. The third kappa shape index (κ3) is 4.18. The van der Waals surface area contributed by atoms with Gasteiger partial charge in [-0.25, -0.2) is 14.0 Å². The number of hydroxylamine groups is 1. The zero-order chi connectivity index (χ0) is 15.6. The molecule has 2 rings (SSSR count). The van der Waals surface area contributed by atoms with Crippen molar-refractivity contribution in [1.82, 2.24) is 5.48 Å². The molecule has 6 heteroatoms. The SMILES string of the molecule is CC(C)(C)OC(=O)NOC(=O)C1Cc2ccc(F)cc2C1. The van der Waals surface area contributed by atoms with Crippen LogP contribution in [0, 0.1) is 11.7 Å². The Kier molecular flexibility index (Phi) is 4.16. The van der Waals surface area contributed by atoms with Crippen molar-refractivity contribution in [2.75, 3.05) is 0 Å². The molecule has 1 aliphatic rings. The van der Waals surface area contributed by atoms with Crippen molar-refractivity contribution in [3.63, 3.8) is 0 Å². The van der Waals surface area contributed by atoms with Crippen LogP contribution in [0.5, 0.6) is 0 Å². The van der Waals surface area contributed by atoms with Gasteiger partial charge in [-0.3, -0.25) is 0 Å². The van der Waals surface area contributed by atoms with E-state index >= 15 is 0 Å². The van der Waals surface area contributed by atoms with Crippen LogP contribution in [0.4, 0.5) is 9.18 Å². The van der Waals surface area contributed by atoms with Gasteiger partial charge in [-0.05, 0) is 56.9 Å². The molecule has 114 valence electrons. The van der Waals surface area contributed by atoms with Gasteiger partial charge in [-0.1, -0.05) is 6.07 Å². The van der Waals surface area contributed by atoms with Crippen molar-refractivity contribution in [1.29, 1.82) is 0 Å². The van der Waals surface area contributed by atoms with E-state index in [0.29, 0.717) is 12.8 Å². The lowest BCUT2D eigenvalue weighted by atomic mass is 10.1. The molecule has 0 spiro atoms. The zero-order valence-corrected chi connectivity index (χ0v) is 12.2. The number of carbonyl (C=O) groups is 2. The molecule has 0 fully saturated rings. The first kappa shape index (κ1) is 15.3. The molecule has 0 aliphatic heterocycles. The Morgan fingerprint density at radius 3 is 2.57 bits per heavy atom. The van der Waals surface area contributed by atoms with Crippen LogP contribution >= 0.6 is 0 Å². The molecule has 0 heterocycles. The number of rotatable bonds is 1. The zero-order valence-electron chi connectivity index (χ0n) is 12.2. The topological polar surface area (TPSA) is 64.6 Å². The molecule has 0 saturated carbocycles. The smallest absolute Gasteiger partial charge is 0.441 e. The summed E-state index contributed by atoms with van der Waals surface area (Å²) in [5.74, 6) is -1.30. The van der Waals surface area contributed by atoms with E-state index in [9.17, 15) is 14.0 Å². The first-order chi connectivity index (χ1) is 9.74. The summed E-state index contributed by atoms with van der Waals surface area (Å²) in [4.78, 5) is 28.0. The number of halogens is 1. The minimum absolute atomic E-state index is 0.324. The molecule has 1 aromatic rings.